The van der Waals surface area contributed by atoms with Crippen molar-refractivity contribution >= 4 is 19.4 Å². The maximum atomic E-state index is 13.8. The molecule has 0 atom stereocenters. The number of halogens is 6. The van der Waals surface area contributed by atoms with Crippen molar-refractivity contribution in [1.29, 1.82) is 5.26 Å². The number of nitrogens with zero attached hydrogens (tertiary/aromatic N) is 3. The van der Waals surface area contributed by atoms with Crippen molar-refractivity contribution in [3.63, 3.8) is 0 Å². The van der Waals surface area contributed by atoms with Gasteiger partial charge in [-0.2, -0.15) is 0 Å². The predicted molar refractivity (Wildman–Crippen MR) is 110 cm³/mol. The van der Waals surface area contributed by atoms with Crippen LogP contribution < -0.4 is 0 Å². The molecular weight excluding hydrogens is 469 g/mol. The Morgan fingerprint density at radius 3 is 1.43 bits per heavy atom. The van der Waals surface area contributed by atoms with E-state index in [-0.39, 0.29) is 4.90 Å². The monoisotopic (exact) mass is 503 g/mol. The predicted octanol–water partition coefficient (Wildman–Crippen LogP) is 6.88. The second-order valence-corrected chi connectivity index (χ2v) is 16.6. The molecule has 0 aromatic heterocycles. The molecule has 174 valence electrons. The fourth-order valence-corrected chi connectivity index (χ4v) is 13.0. The Morgan fingerprint density at radius 2 is 1.20 bits per heavy atom. The summed E-state index contributed by atoms with van der Waals surface area (Å²) in [5, 5.41) is 11.5. The van der Waals surface area contributed by atoms with E-state index in [1.807, 2.05) is 20.8 Å². The van der Waals surface area contributed by atoms with Gasteiger partial charge in [-0.15, -0.1) is 0 Å². The molecule has 0 aliphatic heterocycles. The van der Waals surface area contributed by atoms with Crippen molar-refractivity contribution in [2.45, 2.75) is 92.9 Å². The van der Waals surface area contributed by atoms with E-state index < -0.39 is 37.0 Å². The molecule has 0 heterocycles. The summed E-state index contributed by atoms with van der Waals surface area (Å²) in [5.41, 5.74) is -5.97. The van der Waals surface area contributed by atoms with E-state index in [0.717, 1.165) is 60.4 Å². The van der Waals surface area contributed by atoms with Crippen LogP contribution >= 0.6 is 0 Å². The van der Waals surface area contributed by atoms with Gasteiger partial charge in [0.2, 0.25) is 0 Å². The van der Waals surface area contributed by atoms with Crippen molar-refractivity contribution in [3.05, 3.63) is 5.57 Å². The van der Waals surface area contributed by atoms with Crippen LogP contribution in [0, 0.1) is 11.3 Å². The standard InChI is InChI=1S/C20H33F6GeN3/c1-6-9-12-27(13-10-7-2,14-11-8-3)29-16-17(15-28)18(30(4)5,19(21,22)23)20(24,25)26/h6-14H2,1-5H3. The molecule has 3 nitrogen and oxygen atoms in total. The van der Waals surface area contributed by atoms with Crippen LogP contribution in [-0.2, 0) is 0 Å². The molecule has 0 N–H and O–H groups in total. The van der Waals surface area contributed by atoms with Gasteiger partial charge in [0.15, 0.2) is 0 Å². The summed E-state index contributed by atoms with van der Waals surface area (Å²) in [7, 11) is 1.33. The Balaban J connectivity index is 6.87. The summed E-state index contributed by atoms with van der Waals surface area (Å²) in [5.74, 6) is 2.05. The van der Waals surface area contributed by atoms with Crippen LogP contribution in [0.4, 0.5) is 26.3 Å². The van der Waals surface area contributed by atoms with Gasteiger partial charge in [0, 0.05) is 0 Å². The molecule has 0 radical (unpaired) electrons. The molecule has 0 aliphatic carbocycles. The molecule has 0 amide bonds. The molecule has 0 saturated heterocycles. The van der Waals surface area contributed by atoms with Gasteiger partial charge in [-0.25, -0.2) is 0 Å². The quantitative estimate of drug-likeness (QED) is 0.126. The molecule has 0 aromatic rings. The summed E-state index contributed by atoms with van der Waals surface area (Å²) in [6.07, 6.45) is -6.47. The number of rotatable bonds is 12. The first kappa shape index (κ1) is 29.0. The van der Waals surface area contributed by atoms with E-state index in [4.69, 9.17) is 0 Å². The van der Waals surface area contributed by atoms with E-state index in [2.05, 4.69) is 9.82 Å². The third kappa shape index (κ3) is 6.76. The Morgan fingerprint density at radius 1 is 0.833 bits per heavy atom. The average molecular weight is 502 g/mol. The first-order valence-electron chi connectivity index (χ1n) is 10.4. The van der Waals surface area contributed by atoms with Gasteiger partial charge < -0.3 is 0 Å². The van der Waals surface area contributed by atoms with E-state index in [1.165, 1.54) is 0 Å². The number of hydrogen-bond acceptors (Lipinski definition) is 3. The van der Waals surface area contributed by atoms with Crippen molar-refractivity contribution in [2.75, 3.05) is 14.1 Å². The summed E-state index contributed by atoms with van der Waals surface area (Å²) in [6.45, 7) is 5.95. The maximum absolute atomic E-state index is 13.8. The molecule has 0 spiro atoms. The van der Waals surface area contributed by atoms with Gasteiger partial charge in [-0.1, -0.05) is 0 Å². The summed E-state index contributed by atoms with van der Waals surface area (Å²) < 4.78 is 87.1. The molecular formula is C20H33F6GeN3. The first-order chi connectivity index (χ1) is 13.8. The van der Waals surface area contributed by atoms with Gasteiger partial charge in [-0.3, -0.25) is 0 Å². The Bertz CT molecular complexity index is 592. The molecule has 0 aliphatic rings. The van der Waals surface area contributed by atoms with Crippen molar-refractivity contribution in [2.24, 2.45) is 3.95 Å². The van der Waals surface area contributed by atoms with E-state index >= 15 is 0 Å². The first-order valence-corrected chi connectivity index (χ1v) is 15.7. The molecule has 0 rings (SSSR count). The summed E-state index contributed by atoms with van der Waals surface area (Å²) in [6, 6.07) is 1.14. The number of hydrogen-bond donors (Lipinski definition) is 0. The number of alkyl halides is 6. The van der Waals surface area contributed by atoms with Gasteiger partial charge in [0.25, 0.3) is 0 Å². The van der Waals surface area contributed by atoms with Crippen molar-refractivity contribution < 1.29 is 26.3 Å². The molecule has 0 saturated carbocycles. The van der Waals surface area contributed by atoms with Gasteiger partial charge in [0.1, 0.15) is 0 Å². The SMILES string of the molecule is CCC[CH2][Ge]([CH2]CCC)([CH2]CCC)[N]=C=C(C#N)C(N(C)C)(C(F)(F)F)C(F)(F)F. The van der Waals surface area contributed by atoms with E-state index in [0.29, 0.717) is 14.1 Å². The zero-order chi connectivity index (χ0) is 23.6. The fraction of sp³-hybridized carbons (Fsp3) is 0.850. The van der Waals surface area contributed by atoms with Crippen LogP contribution in [0.2, 0.25) is 15.8 Å². The van der Waals surface area contributed by atoms with Crippen molar-refractivity contribution in [1.82, 2.24) is 4.90 Å². The van der Waals surface area contributed by atoms with Crippen LogP contribution in [0.3, 0.4) is 0 Å². The third-order valence-electron chi connectivity index (χ3n) is 5.36. The van der Waals surface area contributed by atoms with Crippen LogP contribution in [-0.4, -0.2) is 56.2 Å². The van der Waals surface area contributed by atoms with Gasteiger partial charge >= 0.3 is 178 Å². The topological polar surface area (TPSA) is 39.4 Å². The minimum atomic E-state index is -5.76. The minimum absolute atomic E-state index is 0.00706. The van der Waals surface area contributed by atoms with Crippen LogP contribution in [0.25, 0.3) is 0 Å². The summed E-state index contributed by atoms with van der Waals surface area (Å²) >= 11 is -3.20. The Labute approximate surface area is 178 Å². The Hall–Kier alpha value is -0.977. The molecule has 0 fully saturated rings. The molecule has 30 heavy (non-hydrogen) atoms. The third-order valence-corrected chi connectivity index (χ3v) is 14.7. The van der Waals surface area contributed by atoms with E-state index in [1.54, 1.807) is 0 Å². The molecule has 10 heteroatoms. The summed E-state index contributed by atoms with van der Waals surface area (Å²) in [4.78, 5) is -0.00706. The molecule has 0 aromatic carbocycles. The normalized spacial score (nSPS) is 13.2. The van der Waals surface area contributed by atoms with Gasteiger partial charge in [0.05, 0.1) is 0 Å². The fourth-order valence-electron chi connectivity index (χ4n) is 3.60. The van der Waals surface area contributed by atoms with Crippen molar-refractivity contribution in [3.8, 4) is 6.07 Å². The zero-order valence-corrected chi connectivity index (χ0v) is 20.6. The van der Waals surface area contributed by atoms with E-state index in [9.17, 15) is 31.6 Å². The molecule has 0 unspecified atom stereocenters. The van der Waals surface area contributed by atoms with Crippen LogP contribution in [0.5, 0.6) is 0 Å². The zero-order valence-electron chi connectivity index (χ0n) is 18.5. The Kier molecular flexibility index (Phi) is 11.8. The van der Waals surface area contributed by atoms with Gasteiger partial charge in [-0.05, 0) is 0 Å². The second kappa shape index (κ2) is 12.2. The second-order valence-electron chi connectivity index (χ2n) is 7.85. The average Bonchev–Trinajstić information content (AvgIpc) is 2.62. The number of unbranched alkanes of at least 4 members (excludes halogenated alkanes) is 3. The number of nitriles is 1. The van der Waals surface area contributed by atoms with Crippen LogP contribution in [0.15, 0.2) is 9.52 Å². The van der Waals surface area contributed by atoms with Crippen LogP contribution in [0.1, 0.15) is 59.3 Å². The number of likely N-dealkylation sites (N-methyl/N-ethyl adjacent to an activating group) is 1. The molecule has 0 bridgehead atoms.